The lowest BCUT2D eigenvalue weighted by molar-refractivity contribution is 0.252. The predicted molar refractivity (Wildman–Crippen MR) is 53.9 cm³/mol. The Hall–Kier alpha value is -0.410. The van der Waals surface area contributed by atoms with Crippen molar-refractivity contribution in [3.05, 3.63) is 15.6 Å². The number of nitrogens with zero attached hydrogens (tertiary/aromatic N) is 1. The SMILES string of the molecule is NC1(c2nc3c(s2)CCC3)CCC1. The van der Waals surface area contributed by atoms with Crippen molar-refractivity contribution >= 4 is 11.3 Å². The van der Waals surface area contributed by atoms with Crippen LogP contribution in [0.1, 0.15) is 41.3 Å². The van der Waals surface area contributed by atoms with Gasteiger partial charge in [0.1, 0.15) is 5.01 Å². The molecule has 0 amide bonds. The second-order valence-electron chi connectivity index (χ2n) is 4.25. The average molecular weight is 194 g/mol. The minimum atomic E-state index is -0.0327. The van der Waals surface area contributed by atoms with E-state index in [1.54, 1.807) is 0 Å². The molecule has 1 saturated carbocycles. The van der Waals surface area contributed by atoms with Gasteiger partial charge in [0, 0.05) is 4.88 Å². The third kappa shape index (κ3) is 1.07. The summed E-state index contributed by atoms with van der Waals surface area (Å²) in [6.07, 6.45) is 7.27. The van der Waals surface area contributed by atoms with E-state index in [-0.39, 0.29) is 5.54 Å². The first-order valence-electron chi connectivity index (χ1n) is 5.06. The lowest BCUT2D eigenvalue weighted by Crippen LogP contribution is -2.43. The topological polar surface area (TPSA) is 38.9 Å². The minimum absolute atomic E-state index is 0.0327. The molecule has 0 unspecified atom stereocenters. The lowest BCUT2D eigenvalue weighted by Gasteiger charge is -2.35. The molecule has 2 aliphatic rings. The van der Waals surface area contributed by atoms with Crippen LogP contribution in [0.3, 0.4) is 0 Å². The molecule has 0 spiro atoms. The first-order valence-corrected chi connectivity index (χ1v) is 5.87. The quantitative estimate of drug-likeness (QED) is 0.742. The number of fused-ring (bicyclic) bond motifs is 1. The van der Waals surface area contributed by atoms with Gasteiger partial charge in [0.2, 0.25) is 0 Å². The van der Waals surface area contributed by atoms with Crippen LogP contribution in [-0.2, 0) is 18.4 Å². The highest BCUT2D eigenvalue weighted by Crippen LogP contribution is 2.42. The normalized spacial score (nSPS) is 24.1. The zero-order chi connectivity index (χ0) is 8.89. The van der Waals surface area contributed by atoms with Crippen LogP contribution in [0.2, 0.25) is 0 Å². The van der Waals surface area contributed by atoms with Crippen molar-refractivity contribution in [3.8, 4) is 0 Å². The van der Waals surface area contributed by atoms with Crippen LogP contribution in [0.4, 0.5) is 0 Å². The summed E-state index contributed by atoms with van der Waals surface area (Å²) in [5, 5.41) is 1.21. The van der Waals surface area contributed by atoms with Crippen LogP contribution in [0, 0.1) is 0 Å². The second kappa shape index (κ2) is 2.55. The fourth-order valence-electron chi connectivity index (χ4n) is 2.17. The summed E-state index contributed by atoms with van der Waals surface area (Å²) >= 11 is 1.87. The largest absolute Gasteiger partial charge is 0.319 e. The number of aryl methyl sites for hydroxylation is 2. The average Bonchev–Trinajstić information content (AvgIpc) is 2.57. The summed E-state index contributed by atoms with van der Waals surface area (Å²) in [7, 11) is 0. The molecule has 0 aliphatic heterocycles. The third-order valence-corrected chi connectivity index (χ3v) is 4.64. The summed E-state index contributed by atoms with van der Waals surface area (Å²) < 4.78 is 0. The van der Waals surface area contributed by atoms with Gasteiger partial charge in [-0.3, -0.25) is 0 Å². The molecule has 2 aliphatic carbocycles. The van der Waals surface area contributed by atoms with Crippen LogP contribution >= 0.6 is 11.3 Å². The Morgan fingerprint density at radius 1 is 1.23 bits per heavy atom. The molecule has 0 saturated heterocycles. The molecule has 1 aromatic heterocycles. The summed E-state index contributed by atoms with van der Waals surface area (Å²) in [6.45, 7) is 0. The molecule has 3 heteroatoms. The van der Waals surface area contributed by atoms with E-state index in [2.05, 4.69) is 4.98 Å². The number of thiazole rings is 1. The fourth-order valence-corrected chi connectivity index (χ4v) is 3.48. The third-order valence-electron chi connectivity index (χ3n) is 3.27. The van der Waals surface area contributed by atoms with Crippen molar-refractivity contribution in [3.63, 3.8) is 0 Å². The Morgan fingerprint density at radius 3 is 2.69 bits per heavy atom. The van der Waals surface area contributed by atoms with Crippen molar-refractivity contribution < 1.29 is 0 Å². The van der Waals surface area contributed by atoms with Crippen LogP contribution in [-0.4, -0.2) is 4.98 Å². The van der Waals surface area contributed by atoms with Gasteiger partial charge in [0.05, 0.1) is 11.2 Å². The Balaban J connectivity index is 1.97. The number of aromatic nitrogens is 1. The number of nitrogens with two attached hydrogens (primary N) is 1. The van der Waals surface area contributed by atoms with Crippen LogP contribution in [0.25, 0.3) is 0 Å². The molecule has 0 atom stereocenters. The zero-order valence-corrected chi connectivity index (χ0v) is 8.49. The molecule has 0 radical (unpaired) electrons. The maximum Gasteiger partial charge on any atom is 0.113 e. The highest BCUT2D eigenvalue weighted by Gasteiger charge is 2.38. The van der Waals surface area contributed by atoms with Gasteiger partial charge >= 0.3 is 0 Å². The Morgan fingerprint density at radius 2 is 2.08 bits per heavy atom. The van der Waals surface area contributed by atoms with E-state index in [1.165, 1.54) is 41.3 Å². The molecule has 3 rings (SSSR count). The lowest BCUT2D eigenvalue weighted by atomic mass is 9.78. The number of hydrogen-bond acceptors (Lipinski definition) is 3. The Bertz CT molecular complexity index is 317. The number of rotatable bonds is 1. The molecule has 0 bridgehead atoms. The van der Waals surface area contributed by atoms with Gasteiger partial charge in [-0.2, -0.15) is 0 Å². The van der Waals surface area contributed by atoms with Crippen LogP contribution in [0.15, 0.2) is 0 Å². The highest BCUT2D eigenvalue weighted by molar-refractivity contribution is 7.12. The maximum atomic E-state index is 6.23. The highest BCUT2D eigenvalue weighted by atomic mass is 32.1. The summed E-state index contributed by atoms with van der Waals surface area (Å²) in [5.74, 6) is 0. The molecule has 1 fully saturated rings. The Kier molecular flexibility index (Phi) is 1.56. The van der Waals surface area contributed by atoms with Crippen LogP contribution in [0.5, 0.6) is 0 Å². The van der Waals surface area contributed by atoms with Crippen molar-refractivity contribution in [2.45, 2.75) is 44.1 Å². The van der Waals surface area contributed by atoms with Crippen LogP contribution < -0.4 is 5.73 Å². The van der Waals surface area contributed by atoms with Gasteiger partial charge in [-0.25, -0.2) is 4.98 Å². The molecular formula is C10H14N2S. The van der Waals surface area contributed by atoms with Crippen molar-refractivity contribution in [1.82, 2.24) is 4.98 Å². The van der Waals surface area contributed by atoms with Gasteiger partial charge in [0.15, 0.2) is 0 Å². The molecule has 2 nitrogen and oxygen atoms in total. The van der Waals surface area contributed by atoms with Crippen molar-refractivity contribution in [1.29, 1.82) is 0 Å². The minimum Gasteiger partial charge on any atom is -0.319 e. The van der Waals surface area contributed by atoms with E-state index in [1.807, 2.05) is 11.3 Å². The van der Waals surface area contributed by atoms with Crippen molar-refractivity contribution in [2.24, 2.45) is 5.73 Å². The summed E-state index contributed by atoms with van der Waals surface area (Å²) in [4.78, 5) is 6.18. The molecular weight excluding hydrogens is 180 g/mol. The smallest absolute Gasteiger partial charge is 0.113 e. The van der Waals surface area contributed by atoms with Crippen molar-refractivity contribution in [2.75, 3.05) is 0 Å². The second-order valence-corrected chi connectivity index (χ2v) is 5.34. The molecule has 70 valence electrons. The zero-order valence-electron chi connectivity index (χ0n) is 7.68. The number of hydrogen-bond donors (Lipinski definition) is 1. The monoisotopic (exact) mass is 194 g/mol. The van der Waals surface area contributed by atoms with Gasteiger partial charge in [-0.15, -0.1) is 11.3 Å². The standard InChI is InChI=1S/C10H14N2S/c11-10(5-2-6-10)9-12-7-3-1-4-8(7)13-9/h1-6,11H2. The van der Waals surface area contributed by atoms with Gasteiger partial charge in [0.25, 0.3) is 0 Å². The van der Waals surface area contributed by atoms with E-state index in [4.69, 9.17) is 5.73 Å². The Labute approximate surface area is 82.2 Å². The summed E-state index contributed by atoms with van der Waals surface area (Å²) in [5.41, 5.74) is 7.54. The fraction of sp³-hybridized carbons (Fsp3) is 0.700. The van der Waals surface area contributed by atoms with E-state index in [0.717, 1.165) is 12.8 Å². The van der Waals surface area contributed by atoms with Gasteiger partial charge in [-0.05, 0) is 38.5 Å². The maximum absolute atomic E-state index is 6.23. The van der Waals surface area contributed by atoms with E-state index in [9.17, 15) is 0 Å². The van der Waals surface area contributed by atoms with E-state index in [0.29, 0.717) is 0 Å². The molecule has 0 aromatic carbocycles. The van der Waals surface area contributed by atoms with Gasteiger partial charge < -0.3 is 5.73 Å². The molecule has 2 N–H and O–H groups in total. The first-order chi connectivity index (χ1) is 6.28. The predicted octanol–water partition coefficient (Wildman–Crippen LogP) is 1.97. The summed E-state index contributed by atoms with van der Waals surface area (Å²) in [6, 6.07) is 0. The molecule has 13 heavy (non-hydrogen) atoms. The molecule has 1 heterocycles. The van der Waals surface area contributed by atoms with Gasteiger partial charge in [-0.1, -0.05) is 0 Å². The van der Waals surface area contributed by atoms with E-state index >= 15 is 0 Å². The van der Waals surface area contributed by atoms with E-state index < -0.39 is 0 Å². The first kappa shape index (κ1) is 7.94. The molecule has 1 aromatic rings.